The van der Waals surface area contributed by atoms with E-state index in [1.807, 2.05) is 0 Å². The van der Waals surface area contributed by atoms with Gasteiger partial charge < -0.3 is 0 Å². The summed E-state index contributed by atoms with van der Waals surface area (Å²) >= 11 is 0. The second-order valence-electron chi connectivity index (χ2n) is 11.8. The molecule has 0 unspecified atom stereocenters. The predicted octanol–water partition coefficient (Wildman–Crippen LogP) is 10.9. The lowest BCUT2D eigenvalue weighted by Gasteiger charge is -2.13. The summed E-state index contributed by atoms with van der Waals surface area (Å²) in [6.45, 7) is 0. The topological polar surface area (TPSA) is 30.7 Å². The van der Waals surface area contributed by atoms with Gasteiger partial charge in [-0.15, -0.1) is 0 Å². The van der Waals surface area contributed by atoms with Crippen molar-refractivity contribution >= 4 is 43.5 Å². The summed E-state index contributed by atoms with van der Waals surface area (Å²) in [7, 11) is 0. The van der Waals surface area contributed by atoms with Crippen LogP contribution in [0.5, 0.6) is 0 Å². The van der Waals surface area contributed by atoms with Gasteiger partial charge in [0.1, 0.15) is 0 Å². The zero-order chi connectivity index (χ0) is 29.5. The lowest BCUT2D eigenvalue weighted by molar-refractivity contribution is 1.02. The van der Waals surface area contributed by atoms with E-state index in [0.29, 0.717) is 5.95 Å². The van der Waals surface area contributed by atoms with Gasteiger partial charge in [0.05, 0.1) is 22.2 Å². The molecule has 1 aliphatic carbocycles. The Kier molecular flexibility index (Phi) is 5.00. The minimum Gasteiger partial charge on any atom is -0.277 e. The third-order valence-electron chi connectivity index (χ3n) is 9.36. The zero-order valence-corrected chi connectivity index (χ0v) is 24.3. The molecule has 0 atom stereocenters. The van der Waals surface area contributed by atoms with Crippen LogP contribution in [-0.4, -0.2) is 14.5 Å². The van der Waals surface area contributed by atoms with Crippen molar-refractivity contribution in [1.29, 1.82) is 0 Å². The molecule has 0 N–H and O–H groups in total. The van der Waals surface area contributed by atoms with Gasteiger partial charge in [-0.3, -0.25) is 4.57 Å². The van der Waals surface area contributed by atoms with Crippen molar-refractivity contribution in [3.8, 4) is 50.6 Å². The van der Waals surface area contributed by atoms with E-state index in [0.717, 1.165) is 33.2 Å². The van der Waals surface area contributed by atoms with Crippen molar-refractivity contribution in [2.45, 2.75) is 0 Å². The van der Waals surface area contributed by atoms with Crippen LogP contribution in [0.15, 0.2) is 152 Å². The Balaban J connectivity index is 1.28. The fraction of sp³-hybridized carbons (Fsp3) is 0. The van der Waals surface area contributed by atoms with Crippen LogP contribution in [0.25, 0.3) is 94.1 Å². The van der Waals surface area contributed by atoms with E-state index in [9.17, 15) is 0 Å². The predicted molar refractivity (Wildman–Crippen MR) is 187 cm³/mol. The average molecular weight is 573 g/mol. The summed E-state index contributed by atoms with van der Waals surface area (Å²) in [5.74, 6) is 0.679. The molecule has 0 saturated heterocycles. The van der Waals surface area contributed by atoms with Crippen molar-refractivity contribution in [3.05, 3.63) is 152 Å². The summed E-state index contributed by atoms with van der Waals surface area (Å²) in [5.41, 5.74) is 12.7. The minimum atomic E-state index is 0.679. The van der Waals surface area contributed by atoms with Gasteiger partial charge in [-0.05, 0) is 57.0 Å². The maximum atomic E-state index is 5.37. The number of nitrogens with zero attached hydrogens (tertiary/aromatic N) is 3. The van der Waals surface area contributed by atoms with E-state index in [2.05, 4.69) is 156 Å². The first kappa shape index (κ1) is 24.4. The SMILES string of the molecule is c1ccc(-c2ccc(-c3nc(-[15n]4c5ccccc5c5cc6c7c(cccc7c54)-c4ccccc4-6)nc4ccccc34)cc2)cc1. The molecular formula is C42H25N3. The summed E-state index contributed by atoms with van der Waals surface area (Å²) < 4.78 is 2.28. The van der Waals surface area contributed by atoms with Gasteiger partial charge in [-0.1, -0.05) is 133 Å². The van der Waals surface area contributed by atoms with E-state index in [1.54, 1.807) is 0 Å². The number of para-hydroxylation sites is 2. The monoisotopic (exact) mass is 572 g/mol. The summed E-state index contributed by atoms with van der Waals surface area (Å²) in [5, 5.41) is 5.97. The highest BCUT2D eigenvalue weighted by Crippen LogP contribution is 2.50. The van der Waals surface area contributed by atoms with Crippen LogP contribution in [0.3, 0.4) is 0 Å². The molecule has 7 aromatic carbocycles. The second-order valence-corrected chi connectivity index (χ2v) is 11.8. The molecule has 0 amide bonds. The Bertz CT molecular complexity index is 2630. The van der Waals surface area contributed by atoms with Gasteiger partial charge in [0, 0.05) is 27.1 Å². The molecule has 0 aliphatic heterocycles. The van der Waals surface area contributed by atoms with Gasteiger partial charge in [0.15, 0.2) is 0 Å². The van der Waals surface area contributed by atoms with Crippen molar-refractivity contribution in [2.24, 2.45) is 0 Å². The van der Waals surface area contributed by atoms with Crippen molar-refractivity contribution in [3.63, 3.8) is 0 Å². The van der Waals surface area contributed by atoms with E-state index in [4.69, 9.17) is 9.97 Å². The molecule has 0 bridgehead atoms. The van der Waals surface area contributed by atoms with Crippen LogP contribution < -0.4 is 0 Å². The highest BCUT2D eigenvalue weighted by atomic mass is 15.8. The Morgan fingerprint density at radius 2 is 1.02 bits per heavy atom. The second kappa shape index (κ2) is 9.22. The molecule has 45 heavy (non-hydrogen) atoms. The van der Waals surface area contributed by atoms with Crippen LogP contribution in [-0.2, 0) is 0 Å². The molecule has 2 aromatic heterocycles. The lowest BCUT2D eigenvalue weighted by atomic mass is 9.99. The molecule has 208 valence electrons. The zero-order valence-electron chi connectivity index (χ0n) is 24.3. The fourth-order valence-corrected chi connectivity index (χ4v) is 7.37. The highest BCUT2D eigenvalue weighted by molar-refractivity contribution is 6.27. The molecule has 10 rings (SSSR count). The van der Waals surface area contributed by atoms with Crippen LogP contribution in [0.2, 0.25) is 0 Å². The largest absolute Gasteiger partial charge is 0.277 e. The quantitative estimate of drug-likeness (QED) is 0.211. The van der Waals surface area contributed by atoms with E-state index < -0.39 is 0 Å². The van der Waals surface area contributed by atoms with Gasteiger partial charge in [-0.25, -0.2) is 9.97 Å². The first-order valence-electron chi connectivity index (χ1n) is 15.4. The Labute approximate surface area is 259 Å². The van der Waals surface area contributed by atoms with Crippen molar-refractivity contribution in [1.82, 2.24) is 14.5 Å². The van der Waals surface area contributed by atoms with E-state index >= 15 is 0 Å². The smallest absolute Gasteiger partial charge is 0.235 e. The maximum absolute atomic E-state index is 5.37. The van der Waals surface area contributed by atoms with E-state index in [-0.39, 0.29) is 0 Å². The number of fused-ring (bicyclic) bond motifs is 8. The molecule has 2 heterocycles. The fourth-order valence-electron chi connectivity index (χ4n) is 7.37. The van der Waals surface area contributed by atoms with Crippen LogP contribution in [0, 0.1) is 0 Å². The summed E-state index contributed by atoms with van der Waals surface area (Å²) in [6, 6.07) is 54.1. The van der Waals surface area contributed by atoms with E-state index in [1.165, 1.54) is 54.9 Å². The minimum absolute atomic E-state index is 0.679. The Morgan fingerprint density at radius 3 is 1.87 bits per heavy atom. The molecule has 0 fully saturated rings. The third-order valence-corrected chi connectivity index (χ3v) is 9.36. The average Bonchev–Trinajstić information content (AvgIpc) is 3.62. The number of aromatic nitrogens is 3. The molecule has 0 spiro atoms. The molecule has 0 saturated carbocycles. The van der Waals surface area contributed by atoms with Crippen LogP contribution >= 0.6 is 0 Å². The van der Waals surface area contributed by atoms with Crippen LogP contribution in [0.1, 0.15) is 0 Å². The third kappa shape index (κ3) is 3.46. The standard InChI is InChI=1S/C42H25N3/c1-2-11-26(12-3-1)27-21-23-28(24-22-27)40-33-16-6-8-19-37(33)43-42(44-40)45-38-20-9-7-15-31(38)36-25-35-30-14-5-4-13-29(30)32-17-10-18-34(39(32)35)41(36)45/h1-25H/i45+1. The van der Waals surface area contributed by atoms with Crippen molar-refractivity contribution < 1.29 is 0 Å². The number of hydrogen-bond acceptors (Lipinski definition) is 2. The number of rotatable bonds is 3. The summed E-state index contributed by atoms with van der Waals surface area (Å²) in [4.78, 5) is 10.6. The maximum Gasteiger partial charge on any atom is 0.235 e. The number of benzene rings is 7. The molecule has 9 aromatic rings. The van der Waals surface area contributed by atoms with Crippen molar-refractivity contribution in [2.75, 3.05) is 0 Å². The van der Waals surface area contributed by atoms with Gasteiger partial charge in [0.2, 0.25) is 5.95 Å². The normalized spacial score (nSPS) is 12.0. The Hall–Kier alpha value is -6.06. The Morgan fingerprint density at radius 1 is 0.400 bits per heavy atom. The van der Waals surface area contributed by atoms with Crippen LogP contribution in [0.4, 0.5) is 0 Å². The molecule has 1 aliphatic rings. The first-order chi connectivity index (χ1) is 22.3. The first-order valence-corrected chi connectivity index (χ1v) is 15.4. The molecule has 3 nitrogen and oxygen atoms in total. The van der Waals surface area contributed by atoms with Gasteiger partial charge in [0.25, 0.3) is 0 Å². The van der Waals surface area contributed by atoms with Gasteiger partial charge >= 0.3 is 0 Å². The molecule has 0 radical (unpaired) electrons. The number of hydrogen-bond donors (Lipinski definition) is 0. The molecular weight excluding hydrogens is 547 g/mol. The highest BCUT2D eigenvalue weighted by Gasteiger charge is 2.26. The molecule has 3 heteroatoms. The van der Waals surface area contributed by atoms with Gasteiger partial charge in [-0.2, -0.15) is 0 Å². The lowest BCUT2D eigenvalue weighted by Crippen LogP contribution is -2.03. The summed E-state index contributed by atoms with van der Waals surface area (Å²) in [6.07, 6.45) is 0.